The first kappa shape index (κ1) is 13.1. The van der Waals surface area contributed by atoms with Crippen LogP contribution in [0.2, 0.25) is 0 Å². The molecule has 90 valence electrons. The monoisotopic (exact) mass is 220 g/mol. The van der Waals surface area contributed by atoms with Crippen LogP contribution in [0.3, 0.4) is 0 Å². The van der Waals surface area contributed by atoms with Gasteiger partial charge in [0.25, 0.3) is 0 Å². The van der Waals surface area contributed by atoms with E-state index in [0.717, 1.165) is 25.1 Å². The lowest BCUT2D eigenvalue weighted by molar-refractivity contribution is 0.390. The summed E-state index contributed by atoms with van der Waals surface area (Å²) < 4.78 is 0. The van der Waals surface area contributed by atoms with Crippen molar-refractivity contribution in [2.24, 2.45) is 5.41 Å². The summed E-state index contributed by atoms with van der Waals surface area (Å²) in [5, 5.41) is 0. The Hall–Kier alpha value is -0.920. The number of aromatic nitrogens is 2. The SMILES string of the molecule is CC.CCc1nc(C)c2c(n1)CC(C)(C)C2. The summed E-state index contributed by atoms with van der Waals surface area (Å²) in [7, 11) is 0. The third kappa shape index (κ3) is 2.60. The molecule has 1 aromatic rings. The molecule has 0 saturated heterocycles. The molecule has 0 atom stereocenters. The van der Waals surface area contributed by atoms with Gasteiger partial charge in [-0.25, -0.2) is 9.97 Å². The van der Waals surface area contributed by atoms with Crippen LogP contribution in [0.15, 0.2) is 0 Å². The van der Waals surface area contributed by atoms with Gasteiger partial charge in [-0.1, -0.05) is 34.6 Å². The summed E-state index contributed by atoms with van der Waals surface area (Å²) in [6.07, 6.45) is 3.19. The first-order valence-corrected chi connectivity index (χ1v) is 6.37. The predicted molar refractivity (Wildman–Crippen MR) is 68.7 cm³/mol. The Morgan fingerprint density at radius 3 is 2.31 bits per heavy atom. The molecule has 1 aliphatic carbocycles. The number of rotatable bonds is 1. The van der Waals surface area contributed by atoms with Gasteiger partial charge in [0.05, 0.1) is 0 Å². The van der Waals surface area contributed by atoms with Crippen molar-refractivity contribution in [2.75, 3.05) is 0 Å². The van der Waals surface area contributed by atoms with Gasteiger partial charge in [-0.3, -0.25) is 0 Å². The molecule has 16 heavy (non-hydrogen) atoms. The van der Waals surface area contributed by atoms with Crippen molar-refractivity contribution in [1.29, 1.82) is 0 Å². The minimum atomic E-state index is 0.383. The maximum absolute atomic E-state index is 4.62. The van der Waals surface area contributed by atoms with E-state index in [0.29, 0.717) is 5.41 Å². The number of hydrogen-bond donors (Lipinski definition) is 0. The molecular weight excluding hydrogens is 196 g/mol. The van der Waals surface area contributed by atoms with Crippen molar-refractivity contribution < 1.29 is 0 Å². The van der Waals surface area contributed by atoms with E-state index >= 15 is 0 Å². The molecule has 1 heterocycles. The van der Waals surface area contributed by atoms with Crippen molar-refractivity contribution in [3.05, 3.63) is 22.8 Å². The van der Waals surface area contributed by atoms with Crippen molar-refractivity contribution >= 4 is 0 Å². The fraction of sp³-hybridized carbons (Fsp3) is 0.714. The lowest BCUT2D eigenvalue weighted by atomic mass is 9.90. The number of fused-ring (bicyclic) bond motifs is 1. The molecule has 0 bridgehead atoms. The van der Waals surface area contributed by atoms with Crippen molar-refractivity contribution in [3.8, 4) is 0 Å². The van der Waals surface area contributed by atoms with Crippen LogP contribution in [0, 0.1) is 12.3 Å². The van der Waals surface area contributed by atoms with E-state index in [4.69, 9.17) is 0 Å². The van der Waals surface area contributed by atoms with Crippen molar-refractivity contribution in [3.63, 3.8) is 0 Å². The van der Waals surface area contributed by atoms with Gasteiger partial charge in [-0.15, -0.1) is 0 Å². The zero-order valence-electron chi connectivity index (χ0n) is 11.5. The Kier molecular flexibility index (Phi) is 4.06. The number of hydrogen-bond acceptors (Lipinski definition) is 2. The Labute approximate surface area is 99.5 Å². The zero-order chi connectivity index (χ0) is 12.3. The van der Waals surface area contributed by atoms with Crippen LogP contribution >= 0.6 is 0 Å². The second kappa shape index (κ2) is 4.94. The van der Waals surface area contributed by atoms with Crippen LogP contribution in [0.5, 0.6) is 0 Å². The Balaban J connectivity index is 0.000000606. The molecule has 0 aliphatic heterocycles. The maximum Gasteiger partial charge on any atom is 0.128 e. The van der Waals surface area contributed by atoms with Crippen molar-refractivity contribution in [1.82, 2.24) is 9.97 Å². The van der Waals surface area contributed by atoms with Gasteiger partial charge < -0.3 is 0 Å². The van der Waals surface area contributed by atoms with Gasteiger partial charge >= 0.3 is 0 Å². The Morgan fingerprint density at radius 2 is 1.75 bits per heavy atom. The average molecular weight is 220 g/mol. The van der Waals surface area contributed by atoms with Crippen LogP contribution in [-0.4, -0.2) is 9.97 Å². The second-order valence-electron chi connectivity index (χ2n) is 5.02. The topological polar surface area (TPSA) is 25.8 Å². The molecule has 0 unspecified atom stereocenters. The van der Waals surface area contributed by atoms with E-state index in [1.165, 1.54) is 17.0 Å². The molecular formula is C14H24N2. The zero-order valence-corrected chi connectivity index (χ0v) is 11.5. The van der Waals surface area contributed by atoms with Crippen LogP contribution < -0.4 is 0 Å². The van der Waals surface area contributed by atoms with Gasteiger partial charge in [0.2, 0.25) is 0 Å². The van der Waals surface area contributed by atoms with Gasteiger partial charge in [0.15, 0.2) is 0 Å². The van der Waals surface area contributed by atoms with Crippen LogP contribution in [-0.2, 0) is 19.3 Å². The highest BCUT2D eigenvalue weighted by atomic mass is 14.9. The lowest BCUT2D eigenvalue weighted by Crippen LogP contribution is -2.10. The van der Waals surface area contributed by atoms with Gasteiger partial charge in [0, 0.05) is 17.8 Å². The lowest BCUT2D eigenvalue weighted by Gasteiger charge is -2.14. The highest BCUT2D eigenvalue weighted by molar-refractivity contribution is 5.32. The number of aryl methyl sites for hydroxylation is 2. The highest BCUT2D eigenvalue weighted by Crippen LogP contribution is 2.36. The van der Waals surface area contributed by atoms with E-state index < -0.39 is 0 Å². The molecule has 0 fully saturated rings. The fourth-order valence-electron chi connectivity index (χ4n) is 2.25. The molecule has 1 aromatic heterocycles. The number of nitrogens with zero attached hydrogens (tertiary/aromatic N) is 2. The molecule has 0 spiro atoms. The predicted octanol–water partition coefficient (Wildman–Crippen LogP) is 3.50. The fourth-order valence-corrected chi connectivity index (χ4v) is 2.25. The molecule has 2 heteroatoms. The average Bonchev–Trinajstić information content (AvgIpc) is 2.56. The third-order valence-corrected chi connectivity index (χ3v) is 2.96. The molecule has 0 amide bonds. The summed E-state index contributed by atoms with van der Waals surface area (Å²) in [5.74, 6) is 0.999. The molecule has 2 rings (SSSR count). The summed E-state index contributed by atoms with van der Waals surface area (Å²) in [5.41, 5.74) is 4.26. The minimum Gasteiger partial charge on any atom is -0.238 e. The molecule has 1 aliphatic rings. The van der Waals surface area contributed by atoms with Crippen LogP contribution in [0.4, 0.5) is 0 Å². The third-order valence-electron chi connectivity index (χ3n) is 2.96. The van der Waals surface area contributed by atoms with Gasteiger partial charge in [-0.2, -0.15) is 0 Å². The first-order valence-electron chi connectivity index (χ1n) is 6.37. The van der Waals surface area contributed by atoms with Crippen molar-refractivity contribution in [2.45, 2.75) is 60.8 Å². The van der Waals surface area contributed by atoms with Crippen LogP contribution in [0.1, 0.15) is 57.4 Å². The van der Waals surface area contributed by atoms with E-state index in [2.05, 4.69) is 37.7 Å². The standard InChI is InChI=1S/C12H18N2.C2H6/c1-5-11-13-8(2)9-6-12(3,4)7-10(9)14-11;1-2/h5-7H2,1-4H3;1-2H3. The van der Waals surface area contributed by atoms with E-state index in [9.17, 15) is 0 Å². The molecule has 2 nitrogen and oxygen atoms in total. The van der Waals surface area contributed by atoms with Gasteiger partial charge in [0.1, 0.15) is 5.82 Å². The van der Waals surface area contributed by atoms with E-state index in [1.54, 1.807) is 0 Å². The quantitative estimate of drug-likeness (QED) is 0.724. The molecule has 0 saturated carbocycles. The summed E-state index contributed by atoms with van der Waals surface area (Å²) in [4.78, 5) is 9.13. The summed E-state index contributed by atoms with van der Waals surface area (Å²) in [6, 6.07) is 0. The molecule has 0 N–H and O–H groups in total. The summed E-state index contributed by atoms with van der Waals surface area (Å²) >= 11 is 0. The molecule has 0 radical (unpaired) electrons. The smallest absolute Gasteiger partial charge is 0.128 e. The second-order valence-corrected chi connectivity index (χ2v) is 5.02. The highest BCUT2D eigenvalue weighted by Gasteiger charge is 2.31. The Morgan fingerprint density at radius 1 is 1.12 bits per heavy atom. The summed E-state index contributed by atoms with van der Waals surface area (Å²) in [6.45, 7) is 12.8. The minimum absolute atomic E-state index is 0.383. The maximum atomic E-state index is 4.62. The first-order chi connectivity index (χ1) is 7.52. The Bertz CT molecular complexity index is 367. The van der Waals surface area contributed by atoms with E-state index in [-0.39, 0.29) is 0 Å². The normalized spacial score (nSPS) is 16.4. The van der Waals surface area contributed by atoms with E-state index in [1.807, 2.05) is 13.8 Å². The van der Waals surface area contributed by atoms with Crippen LogP contribution in [0.25, 0.3) is 0 Å². The molecule has 0 aromatic carbocycles. The van der Waals surface area contributed by atoms with Gasteiger partial charge in [-0.05, 0) is 30.7 Å². The largest absolute Gasteiger partial charge is 0.238 e.